The summed E-state index contributed by atoms with van der Waals surface area (Å²) in [5, 5.41) is 7.19. The van der Waals surface area contributed by atoms with Gasteiger partial charge in [0.25, 0.3) is 11.8 Å². The molecule has 1 fully saturated rings. The van der Waals surface area contributed by atoms with Crippen molar-refractivity contribution in [2.45, 2.75) is 18.8 Å². The molecular weight excluding hydrogens is 383 g/mol. The summed E-state index contributed by atoms with van der Waals surface area (Å²) in [7, 11) is 1.72. The molecule has 0 saturated carbocycles. The molecule has 7 heteroatoms. The zero-order valence-electron chi connectivity index (χ0n) is 16.7. The zero-order chi connectivity index (χ0) is 21.1. The van der Waals surface area contributed by atoms with Crippen molar-refractivity contribution in [1.29, 1.82) is 0 Å². The fraction of sp³-hybridized carbons (Fsp3) is 0.261. The van der Waals surface area contributed by atoms with Gasteiger partial charge in [-0.1, -0.05) is 30.3 Å². The van der Waals surface area contributed by atoms with Crippen molar-refractivity contribution >= 4 is 17.5 Å². The molecule has 1 aliphatic rings. The molecule has 2 heterocycles. The molecular formula is C23H23FN4O2. The second-order valence-electron chi connectivity index (χ2n) is 7.45. The fourth-order valence-corrected chi connectivity index (χ4v) is 3.79. The summed E-state index contributed by atoms with van der Waals surface area (Å²) in [6.45, 7) is 1.06. The number of amides is 2. The van der Waals surface area contributed by atoms with Crippen LogP contribution < -0.4 is 4.90 Å². The van der Waals surface area contributed by atoms with Gasteiger partial charge in [-0.15, -0.1) is 0 Å². The third kappa shape index (κ3) is 3.96. The van der Waals surface area contributed by atoms with Gasteiger partial charge < -0.3 is 9.80 Å². The zero-order valence-corrected chi connectivity index (χ0v) is 16.7. The first-order chi connectivity index (χ1) is 14.5. The Morgan fingerprint density at radius 2 is 1.73 bits per heavy atom. The van der Waals surface area contributed by atoms with E-state index < -0.39 is 5.82 Å². The van der Waals surface area contributed by atoms with Crippen molar-refractivity contribution in [3.63, 3.8) is 0 Å². The highest BCUT2D eigenvalue weighted by Crippen LogP contribution is 2.28. The van der Waals surface area contributed by atoms with E-state index in [1.165, 1.54) is 12.1 Å². The number of halogens is 1. The lowest BCUT2D eigenvalue weighted by molar-refractivity contribution is 0.0707. The SMILES string of the molecule is CN(C(=O)c1cc(C2CCN(C(=O)c3ccccc3F)CC2)[nH]n1)c1ccccc1. The highest BCUT2D eigenvalue weighted by molar-refractivity contribution is 6.04. The van der Waals surface area contributed by atoms with Gasteiger partial charge in [0.05, 0.1) is 5.56 Å². The number of carbonyl (C=O) groups excluding carboxylic acids is 2. The molecule has 30 heavy (non-hydrogen) atoms. The van der Waals surface area contributed by atoms with Gasteiger partial charge in [0.1, 0.15) is 5.82 Å². The number of aromatic amines is 1. The van der Waals surface area contributed by atoms with Crippen LogP contribution in [0.3, 0.4) is 0 Å². The van der Waals surface area contributed by atoms with E-state index in [9.17, 15) is 14.0 Å². The third-order valence-electron chi connectivity index (χ3n) is 5.59. The fourth-order valence-electron chi connectivity index (χ4n) is 3.79. The molecule has 2 aromatic carbocycles. The lowest BCUT2D eigenvalue weighted by Crippen LogP contribution is -2.38. The molecule has 1 aromatic heterocycles. The summed E-state index contributed by atoms with van der Waals surface area (Å²) >= 11 is 0. The molecule has 2 amide bonds. The molecule has 1 aliphatic heterocycles. The Kier molecular flexibility index (Phi) is 5.61. The number of hydrogen-bond donors (Lipinski definition) is 1. The Morgan fingerprint density at radius 1 is 1.07 bits per heavy atom. The molecule has 3 aromatic rings. The minimum absolute atomic E-state index is 0.106. The monoisotopic (exact) mass is 406 g/mol. The van der Waals surface area contributed by atoms with Crippen LogP contribution in [0.15, 0.2) is 60.7 Å². The second kappa shape index (κ2) is 8.49. The lowest BCUT2D eigenvalue weighted by atomic mass is 9.93. The third-order valence-corrected chi connectivity index (χ3v) is 5.59. The molecule has 0 unspecified atom stereocenters. The average Bonchev–Trinajstić information content (AvgIpc) is 3.29. The Labute approximate surface area is 174 Å². The maximum absolute atomic E-state index is 13.9. The van der Waals surface area contributed by atoms with E-state index in [1.54, 1.807) is 35.0 Å². The van der Waals surface area contributed by atoms with Crippen LogP contribution in [0, 0.1) is 5.82 Å². The molecule has 0 bridgehead atoms. The van der Waals surface area contributed by atoms with E-state index in [1.807, 2.05) is 30.3 Å². The number of piperidine rings is 1. The van der Waals surface area contributed by atoms with Crippen LogP contribution in [-0.4, -0.2) is 47.0 Å². The summed E-state index contributed by atoms with van der Waals surface area (Å²) in [5.41, 5.74) is 2.15. The molecule has 1 saturated heterocycles. The Hall–Kier alpha value is -3.48. The number of likely N-dealkylation sites (tertiary alicyclic amines) is 1. The van der Waals surface area contributed by atoms with E-state index in [0.717, 1.165) is 24.2 Å². The van der Waals surface area contributed by atoms with Crippen LogP contribution in [-0.2, 0) is 0 Å². The average molecular weight is 406 g/mol. The molecule has 4 rings (SSSR count). The number of carbonyl (C=O) groups is 2. The van der Waals surface area contributed by atoms with E-state index >= 15 is 0 Å². The highest BCUT2D eigenvalue weighted by atomic mass is 19.1. The molecule has 0 aliphatic carbocycles. The van der Waals surface area contributed by atoms with Crippen LogP contribution in [0.2, 0.25) is 0 Å². The number of hydrogen-bond acceptors (Lipinski definition) is 3. The molecule has 6 nitrogen and oxygen atoms in total. The van der Waals surface area contributed by atoms with E-state index in [2.05, 4.69) is 10.2 Å². The number of anilines is 1. The van der Waals surface area contributed by atoms with Gasteiger partial charge in [-0.05, 0) is 43.2 Å². The van der Waals surface area contributed by atoms with E-state index in [0.29, 0.717) is 18.8 Å². The van der Waals surface area contributed by atoms with Crippen molar-refractivity contribution in [2.75, 3.05) is 25.0 Å². The van der Waals surface area contributed by atoms with Crippen molar-refractivity contribution < 1.29 is 14.0 Å². The van der Waals surface area contributed by atoms with Gasteiger partial charge in [0.2, 0.25) is 0 Å². The first-order valence-corrected chi connectivity index (χ1v) is 9.97. The smallest absolute Gasteiger partial charge is 0.278 e. The van der Waals surface area contributed by atoms with E-state index in [-0.39, 0.29) is 23.3 Å². The van der Waals surface area contributed by atoms with Crippen LogP contribution in [0.5, 0.6) is 0 Å². The van der Waals surface area contributed by atoms with Crippen molar-refractivity contribution in [3.8, 4) is 0 Å². The number of nitrogens with one attached hydrogen (secondary N) is 1. The number of benzene rings is 2. The number of H-pyrrole nitrogens is 1. The summed E-state index contributed by atoms with van der Waals surface area (Å²) in [5.74, 6) is -0.790. The van der Waals surface area contributed by atoms with Gasteiger partial charge in [-0.3, -0.25) is 14.7 Å². The summed E-state index contributed by atoms with van der Waals surface area (Å²) in [6.07, 6.45) is 1.45. The topological polar surface area (TPSA) is 69.3 Å². The quantitative estimate of drug-likeness (QED) is 0.716. The molecule has 154 valence electrons. The molecule has 1 N–H and O–H groups in total. The van der Waals surface area contributed by atoms with E-state index in [4.69, 9.17) is 0 Å². The van der Waals surface area contributed by atoms with Crippen LogP contribution in [0.25, 0.3) is 0 Å². The number of nitrogens with zero attached hydrogens (tertiary/aromatic N) is 3. The predicted octanol–water partition coefficient (Wildman–Crippen LogP) is 3.85. The Morgan fingerprint density at radius 3 is 2.43 bits per heavy atom. The first kappa shape index (κ1) is 19.8. The molecule has 0 radical (unpaired) electrons. The van der Waals surface area contributed by atoms with Gasteiger partial charge in [0, 0.05) is 37.4 Å². The first-order valence-electron chi connectivity index (χ1n) is 9.97. The van der Waals surface area contributed by atoms with Gasteiger partial charge >= 0.3 is 0 Å². The Bertz CT molecular complexity index is 1040. The van der Waals surface area contributed by atoms with Crippen molar-refractivity contribution in [1.82, 2.24) is 15.1 Å². The number of aromatic nitrogens is 2. The van der Waals surface area contributed by atoms with Crippen LogP contribution in [0.4, 0.5) is 10.1 Å². The summed E-state index contributed by atoms with van der Waals surface area (Å²) in [6, 6.07) is 17.2. The largest absolute Gasteiger partial charge is 0.339 e. The minimum atomic E-state index is -0.496. The van der Waals surface area contributed by atoms with Crippen LogP contribution >= 0.6 is 0 Å². The van der Waals surface area contributed by atoms with Crippen molar-refractivity contribution in [2.24, 2.45) is 0 Å². The predicted molar refractivity (Wildman–Crippen MR) is 112 cm³/mol. The number of rotatable bonds is 4. The van der Waals surface area contributed by atoms with Gasteiger partial charge in [-0.25, -0.2) is 4.39 Å². The second-order valence-corrected chi connectivity index (χ2v) is 7.45. The number of para-hydroxylation sites is 1. The summed E-state index contributed by atoms with van der Waals surface area (Å²) in [4.78, 5) is 28.6. The lowest BCUT2D eigenvalue weighted by Gasteiger charge is -2.31. The maximum atomic E-state index is 13.9. The van der Waals surface area contributed by atoms with Gasteiger partial charge in [-0.2, -0.15) is 5.10 Å². The maximum Gasteiger partial charge on any atom is 0.278 e. The standard InChI is InChI=1S/C23H23FN4O2/c1-27(17-7-3-2-4-8-17)23(30)21-15-20(25-26-21)16-11-13-28(14-12-16)22(29)18-9-5-6-10-19(18)24/h2-10,15-16H,11-14H2,1H3,(H,25,26). The Balaban J connectivity index is 1.39. The normalized spacial score (nSPS) is 14.5. The highest BCUT2D eigenvalue weighted by Gasteiger charge is 2.27. The van der Waals surface area contributed by atoms with Crippen molar-refractivity contribution in [3.05, 3.63) is 83.4 Å². The molecule has 0 atom stereocenters. The minimum Gasteiger partial charge on any atom is -0.339 e. The molecule has 0 spiro atoms. The summed E-state index contributed by atoms with van der Waals surface area (Å²) < 4.78 is 13.9. The van der Waals surface area contributed by atoms with Crippen LogP contribution in [0.1, 0.15) is 45.3 Å². The van der Waals surface area contributed by atoms with Gasteiger partial charge in [0.15, 0.2) is 5.69 Å².